The van der Waals surface area contributed by atoms with Crippen LogP contribution in [0.4, 0.5) is 5.69 Å². The maximum atomic E-state index is 10.9. The Hall–Kier alpha value is -1.63. The summed E-state index contributed by atoms with van der Waals surface area (Å²) in [5, 5.41) is 3.00. The number of amides is 1. The van der Waals surface area contributed by atoms with E-state index < -0.39 is 15.7 Å². The molecule has 0 unspecified atom stereocenters. The molecule has 1 amide bonds. The molecule has 0 saturated heterocycles. The number of carbonyl (C=O) groups excluding carboxylic acids is 1. The molecule has 1 rings (SSSR count). The molecule has 0 aromatic carbocycles. The fourth-order valence-electron chi connectivity index (χ4n) is 1.24. The number of sulfone groups is 1. The van der Waals surface area contributed by atoms with Crippen LogP contribution in [-0.2, 0) is 9.84 Å². The minimum absolute atomic E-state index is 0.133. The van der Waals surface area contributed by atoms with E-state index >= 15 is 0 Å². The van der Waals surface area contributed by atoms with Gasteiger partial charge in [0.1, 0.15) is 15.5 Å². The highest BCUT2D eigenvalue weighted by atomic mass is 32.2. The molecule has 0 aliphatic rings. The number of rotatable bonds is 6. The number of primary amides is 1. The maximum absolute atomic E-state index is 10.9. The van der Waals surface area contributed by atoms with Crippen molar-refractivity contribution in [2.24, 2.45) is 5.73 Å². The summed E-state index contributed by atoms with van der Waals surface area (Å²) in [6.45, 7) is 0.509. The van der Waals surface area contributed by atoms with Crippen LogP contribution in [0.25, 0.3) is 0 Å². The van der Waals surface area contributed by atoms with Crippen molar-refractivity contribution in [2.45, 2.75) is 6.42 Å². The highest BCUT2D eigenvalue weighted by Crippen LogP contribution is 2.07. The number of hydrogen-bond acceptors (Lipinski definition) is 5. The number of aromatic nitrogens is 1. The van der Waals surface area contributed by atoms with Gasteiger partial charge in [0.2, 0.25) is 0 Å². The summed E-state index contributed by atoms with van der Waals surface area (Å²) >= 11 is 0. The predicted octanol–water partition coefficient (Wildman–Crippen LogP) is 0.0271. The van der Waals surface area contributed by atoms with Gasteiger partial charge in [-0.05, 0) is 18.6 Å². The summed E-state index contributed by atoms with van der Waals surface area (Å²) in [4.78, 5) is 14.7. The number of nitrogens with one attached hydrogen (secondary N) is 1. The molecule has 3 N–H and O–H groups in total. The fourth-order valence-corrected chi connectivity index (χ4v) is 1.91. The van der Waals surface area contributed by atoms with Crippen LogP contribution in [0.5, 0.6) is 0 Å². The molecule has 6 nitrogen and oxygen atoms in total. The molecule has 0 bridgehead atoms. The standard InChI is InChI=1S/C10H15N3O3S/c1-17(15,16)6-2-4-12-8-3-5-13-9(7-8)10(11)14/h3,5,7H,2,4,6H2,1H3,(H2,11,14)(H,12,13). The van der Waals surface area contributed by atoms with Crippen LogP contribution in [-0.4, -0.2) is 37.9 Å². The molecule has 1 aromatic heterocycles. The molecule has 0 radical (unpaired) electrons. The normalized spacial score (nSPS) is 11.1. The van der Waals surface area contributed by atoms with E-state index in [2.05, 4.69) is 10.3 Å². The van der Waals surface area contributed by atoms with E-state index in [0.717, 1.165) is 0 Å². The van der Waals surface area contributed by atoms with Gasteiger partial charge < -0.3 is 11.1 Å². The first-order chi connectivity index (χ1) is 7.88. The van der Waals surface area contributed by atoms with Gasteiger partial charge in [-0.15, -0.1) is 0 Å². The van der Waals surface area contributed by atoms with Crippen LogP contribution < -0.4 is 11.1 Å². The van der Waals surface area contributed by atoms with Crippen molar-refractivity contribution in [3.63, 3.8) is 0 Å². The van der Waals surface area contributed by atoms with Gasteiger partial charge in [-0.1, -0.05) is 0 Å². The topological polar surface area (TPSA) is 102 Å². The Morgan fingerprint density at radius 3 is 2.82 bits per heavy atom. The zero-order chi connectivity index (χ0) is 12.9. The average molecular weight is 257 g/mol. The average Bonchev–Trinajstić information content (AvgIpc) is 2.23. The summed E-state index contributed by atoms with van der Waals surface area (Å²) in [6.07, 6.45) is 3.18. The Labute approximate surface area is 100 Å². The summed E-state index contributed by atoms with van der Waals surface area (Å²) in [5.74, 6) is -0.460. The molecule has 0 aliphatic carbocycles. The van der Waals surface area contributed by atoms with Gasteiger partial charge in [-0.3, -0.25) is 9.78 Å². The minimum atomic E-state index is -2.93. The van der Waals surface area contributed by atoms with Crippen LogP contribution in [0.1, 0.15) is 16.9 Å². The molecular formula is C10H15N3O3S. The second-order valence-corrected chi connectivity index (χ2v) is 5.96. The van der Waals surface area contributed by atoms with Crippen LogP contribution in [0.15, 0.2) is 18.3 Å². The largest absolute Gasteiger partial charge is 0.385 e. The summed E-state index contributed by atoms with van der Waals surface area (Å²) < 4.78 is 21.8. The predicted molar refractivity (Wildman–Crippen MR) is 65.6 cm³/mol. The molecule has 0 spiro atoms. The smallest absolute Gasteiger partial charge is 0.267 e. The molecule has 94 valence electrons. The van der Waals surface area contributed by atoms with Crippen molar-refractivity contribution in [1.29, 1.82) is 0 Å². The summed E-state index contributed by atoms with van der Waals surface area (Å²) in [7, 11) is -2.93. The van der Waals surface area contributed by atoms with E-state index in [4.69, 9.17) is 5.73 Å². The minimum Gasteiger partial charge on any atom is -0.385 e. The van der Waals surface area contributed by atoms with E-state index in [1.165, 1.54) is 18.5 Å². The lowest BCUT2D eigenvalue weighted by molar-refractivity contribution is 0.0995. The van der Waals surface area contributed by atoms with Crippen LogP contribution in [0.3, 0.4) is 0 Å². The SMILES string of the molecule is CS(=O)(=O)CCCNc1ccnc(C(N)=O)c1. The first-order valence-electron chi connectivity index (χ1n) is 5.06. The first-order valence-corrected chi connectivity index (χ1v) is 7.12. The quantitative estimate of drug-likeness (QED) is 0.700. The molecular weight excluding hydrogens is 242 g/mol. The highest BCUT2D eigenvalue weighted by Gasteiger charge is 2.03. The molecule has 0 saturated carbocycles. The van der Waals surface area contributed by atoms with Crippen molar-refractivity contribution >= 4 is 21.4 Å². The number of hydrogen-bond donors (Lipinski definition) is 2. The second-order valence-electron chi connectivity index (χ2n) is 3.70. The van der Waals surface area contributed by atoms with Crippen molar-refractivity contribution < 1.29 is 13.2 Å². The van der Waals surface area contributed by atoms with Crippen LogP contribution >= 0.6 is 0 Å². The lowest BCUT2D eigenvalue weighted by atomic mass is 10.3. The Bertz CT molecular complexity index is 499. The number of nitrogens with zero attached hydrogens (tertiary/aromatic N) is 1. The lowest BCUT2D eigenvalue weighted by Gasteiger charge is -2.06. The van der Waals surface area contributed by atoms with Crippen LogP contribution in [0, 0.1) is 0 Å². The molecule has 17 heavy (non-hydrogen) atoms. The molecule has 1 aromatic rings. The molecule has 0 atom stereocenters. The third-order valence-electron chi connectivity index (χ3n) is 2.03. The fraction of sp³-hybridized carbons (Fsp3) is 0.400. The lowest BCUT2D eigenvalue weighted by Crippen LogP contribution is -2.14. The first kappa shape index (κ1) is 13.4. The number of carbonyl (C=O) groups is 1. The monoisotopic (exact) mass is 257 g/mol. The number of anilines is 1. The van der Waals surface area contributed by atoms with Crippen molar-refractivity contribution in [3.8, 4) is 0 Å². The maximum Gasteiger partial charge on any atom is 0.267 e. The van der Waals surface area contributed by atoms with E-state index in [1.807, 2.05) is 0 Å². The second kappa shape index (κ2) is 5.62. The highest BCUT2D eigenvalue weighted by molar-refractivity contribution is 7.90. The van der Waals surface area contributed by atoms with E-state index in [0.29, 0.717) is 18.7 Å². The van der Waals surface area contributed by atoms with Crippen molar-refractivity contribution in [3.05, 3.63) is 24.0 Å². The Morgan fingerprint density at radius 1 is 1.53 bits per heavy atom. The van der Waals surface area contributed by atoms with Gasteiger partial charge in [-0.2, -0.15) is 0 Å². The van der Waals surface area contributed by atoms with Crippen molar-refractivity contribution in [1.82, 2.24) is 4.98 Å². The van der Waals surface area contributed by atoms with Gasteiger partial charge in [-0.25, -0.2) is 8.42 Å². The Kier molecular flexibility index (Phi) is 4.45. The molecule has 1 heterocycles. The zero-order valence-electron chi connectivity index (χ0n) is 9.51. The molecule has 0 aliphatic heterocycles. The van der Waals surface area contributed by atoms with Crippen LogP contribution in [0.2, 0.25) is 0 Å². The third-order valence-corrected chi connectivity index (χ3v) is 3.06. The van der Waals surface area contributed by atoms with E-state index in [-0.39, 0.29) is 11.4 Å². The van der Waals surface area contributed by atoms with E-state index in [1.54, 1.807) is 6.07 Å². The number of pyridine rings is 1. The third kappa shape index (κ3) is 5.30. The van der Waals surface area contributed by atoms with E-state index in [9.17, 15) is 13.2 Å². The van der Waals surface area contributed by atoms with Gasteiger partial charge in [0.15, 0.2) is 0 Å². The molecule has 7 heteroatoms. The molecule has 0 fully saturated rings. The van der Waals surface area contributed by atoms with Gasteiger partial charge in [0.25, 0.3) is 5.91 Å². The Balaban J connectivity index is 2.47. The van der Waals surface area contributed by atoms with Gasteiger partial charge in [0.05, 0.1) is 5.75 Å². The van der Waals surface area contributed by atoms with Crippen molar-refractivity contribution in [2.75, 3.05) is 23.9 Å². The number of nitrogens with two attached hydrogens (primary N) is 1. The zero-order valence-corrected chi connectivity index (χ0v) is 10.3. The van der Waals surface area contributed by atoms with Gasteiger partial charge in [0, 0.05) is 24.7 Å². The van der Waals surface area contributed by atoms with Gasteiger partial charge >= 0.3 is 0 Å². The Morgan fingerprint density at radius 2 is 2.24 bits per heavy atom. The summed E-state index contributed by atoms with van der Waals surface area (Å²) in [6, 6.07) is 3.22. The summed E-state index contributed by atoms with van der Waals surface area (Å²) in [5.41, 5.74) is 5.96.